The first kappa shape index (κ1) is 77.3. The van der Waals surface area contributed by atoms with Crippen LogP contribution in [0.1, 0.15) is 143 Å². The molecule has 0 radical (unpaired) electrons. The van der Waals surface area contributed by atoms with Crippen molar-refractivity contribution in [2.75, 3.05) is 36.0 Å². The first-order valence-electron chi connectivity index (χ1n) is 39.7. The number of para-hydroxylation sites is 4. The van der Waals surface area contributed by atoms with Crippen LogP contribution < -0.4 is 34.6 Å². The molecule has 2 fully saturated rings. The van der Waals surface area contributed by atoms with Gasteiger partial charge in [-0.15, -0.1) is 0 Å². The fourth-order valence-corrected chi connectivity index (χ4v) is 19.4. The molecule has 0 N–H and O–H groups in total. The Kier molecular flexibility index (Phi) is 25.1. The van der Waals surface area contributed by atoms with Crippen LogP contribution in [0.5, 0.6) is 0 Å². The van der Waals surface area contributed by atoms with Crippen LogP contribution in [-0.4, -0.2) is 46.8 Å². The quantitative estimate of drug-likeness (QED) is 0.0705. The molecule has 6 heteroatoms. The molecule has 4 unspecified atom stereocenters. The first-order valence-corrected chi connectivity index (χ1v) is 39.7. The standard InChI is InChI=1S/C101H110N4.2ClH/c1-13-102(96-37-25-17-29-68(96)5)84-51-41-78(42-52-84)100(79-43-53-85(54-44-79)103(14-2)97-38-26-18-30-69(97)6)92-59-49-82(88-33-21-23-35-90(88)92)66-94-72(9)61-76(62-73(94)10)65-77-63-74(11)95(75(12)64-77)67-83-50-60-93(91-36-24-22-34-89(83)91)101(80-45-55-86(56-46-80)104(15-3)98-39-27-19-31-70(98)7)81-47-57-87(58-48-81)105(16-4)99-40-28-20-32-71(99)8;;/h17-60,72-77,94-95H,13-16,61-67H2,1-12H3;2*1H/q+2;;/p-2. The zero-order valence-corrected chi connectivity index (χ0v) is 66.9. The Morgan fingerprint density at radius 1 is 0.346 bits per heavy atom. The molecule has 4 aliphatic rings. The van der Waals surface area contributed by atoms with Crippen molar-refractivity contribution >= 4 is 78.2 Å². The molecule has 0 aromatic heterocycles. The number of hydrogen-bond acceptors (Lipinski definition) is 2. The molecule has 4 nitrogen and oxygen atoms in total. The lowest BCUT2D eigenvalue weighted by Crippen LogP contribution is -3.00. The van der Waals surface area contributed by atoms with Crippen molar-refractivity contribution in [3.05, 3.63) is 334 Å². The molecule has 4 aliphatic carbocycles. The maximum Gasteiger partial charge on any atom is 0.208 e. The third kappa shape index (κ3) is 16.3. The fourth-order valence-electron chi connectivity index (χ4n) is 19.4. The molecule has 0 spiro atoms. The van der Waals surface area contributed by atoms with E-state index in [4.69, 9.17) is 0 Å². The van der Waals surface area contributed by atoms with Crippen LogP contribution in [0.15, 0.2) is 278 Å². The summed E-state index contributed by atoms with van der Waals surface area (Å²) in [5.74, 6) is 5.45. The minimum atomic E-state index is 0. The van der Waals surface area contributed by atoms with Crippen molar-refractivity contribution < 1.29 is 34.0 Å². The topological polar surface area (TPSA) is 12.5 Å². The molecule has 0 aliphatic heterocycles. The minimum absolute atomic E-state index is 0. The Morgan fingerprint density at radius 3 is 0.991 bits per heavy atom. The van der Waals surface area contributed by atoms with Gasteiger partial charge >= 0.3 is 0 Å². The predicted octanol–water partition coefficient (Wildman–Crippen LogP) is 19.8. The van der Waals surface area contributed by atoms with Gasteiger partial charge in [0.05, 0.1) is 0 Å². The number of halogens is 2. The van der Waals surface area contributed by atoms with E-state index in [2.05, 4.69) is 369 Å². The highest BCUT2D eigenvalue weighted by Crippen LogP contribution is 2.49. The monoisotopic (exact) mass is 1450 g/mol. The SMILES string of the molecule is CCN(c1ccc(C(=C2C=CC(=[N+](CC)c3ccccc3C)C=C2)c2ccc(CC3C(C)CC(CC4CC(C)C(Cc5ccc(C(=C6C=CC(=[N+](CC)c7ccccc7C)C=C6)c6ccc(N(CC)c7ccccc7C)cc6)c6ccccc56)C(C)C4)CC3C)c3ccccc23)cc1)c1ccccc1C.[Cl-].[Cl-]. The van der Waals surface area contributed by atoms with E-state index in [9.17, 15) is 0 Å². The van der Waals surface area contributed by atoms with Crippen molar-refractivity contribution in [2.24, 2.45) is 47.3 Å². The van der Waals surface area contributed by atoms with Gasteiger partial charge in [-0.25, -0.2) is 0 Å². The van der Waals surface area contributed by atoms with Crippen LogP contribution in [0.2, 0.25) is 0 Å². The number of fused-ring (bicyclic) bond motifs is 2. The Bertz CT molecular complexity index is 4710. The maximum atomic E-state index is 2.60. The molecule has 0 amide bonds. The van der Waals surface area contributed by atoms with Gasteiger partial charge in [0.15, 0.2) is 0 Å². The molecule has 10 aromatic carbocycles. The number of nitrogens with zero attached hydrogens (tertiary/aromatic N) is 4. The zero-order valence-electron chi connectivity index (χ0n) is 65.3. The molecule has 14 rings (SSSR count). The maximum absolute atomic E-state index is 2.60. The number of benzene rings is 10. The van der Waals surface area contributed by atoms with Crippen LogP contribution in [0, 0.1) is 75.0 Å². The lowest BCUT2D eigenvalue weighted by molar-refractivity contribution is -0.435. The highest BCUT2D eigenvalue weighted by atomic mass is 35.5. The Labute approximate surface area is 652 Å². The summed E-state index contributed by atoms with van der Waals surface area (Å²) in [6, 6.07) is 82.4. The zero-order chi connectivity index (χ0) is 72.8. The van der Waals surface area contributed by atoms with Gasteiger partial charge in [0, 0.05) is 83.4 Å². The van der Waals surface area contributed by atoms with Gasteiger partial charge in [0.2, 0.25) is 22.8 Å². The first-order chi connectivity index (χ1) is 51.2. The molecule has 0 bridgehead atoms. The summed E-state index contributed by atoms with van der Waals surface area (Å²) in [4.78, 5) is 4.87. The van der Waals surface area contributed by atoms with Gasteiger partial charge in [-0.05, 0) is 297 Å². The predicted molar refractivity (Wildman–Crippen MR) is 452 cm³/mol. The van der Waals surface area contributed by atoms with Gasteiger partial charge in [-0.2, -0.15) is 9.15 Å². The minimum Gasteiger partial charge on any atom is -1.00 e. The van der Waals surface area contributed by atoms with E-state index in [1.54, 1.807) is 0 Å². The van der Waals surface area contributed by atoms with Crippen molar-refractivity contribution in [2.45, 2.75) is 128 Å². The Hall–Kier alpha value is -9.32. The van der Waals surface area contributed by atoms with Crippen molar-refractivity contribution in [1.82, 2.24) is 0 Å². The molecule has 0 heterocycles. The van der Waals surface area contributed by atoms with E-state index in [-0.39, 0.29) is 24.8 Å². The highest BCUT2D eigenvalue weighted by Gasteiger charge is 2.39. The summed E-state index contributed by atoms with van der Waals surface area (Å²) in [5, 5.41) is 5.45. The van der Waals surface area contributed by atoms with Crippen LogP contribution in [-0.2, 0) is 12.8 Å². The lowest BCUT2D eigenvalue weighted by Gasteiger charge is -2.44. The van der Waals surface area contributed by atoms with E-state index in [0.29, 0.717) is 35.5 Å². The second-order valence-electron chi connectivity index (χ2n) is 31.3. The number of anilines is 4. The van der Waals surface area contributed by atoms with E-state index < -0.39 is 0 Å². The van der Waals surface area contributed by atoms with Crippen LogP contribution in [0.4, 0.5) is 34.1 Å². The highest BCUT2D eigenvalue weighted by molar-refractivity contribution is 6.08. The second-order valence-corrected chi connectivity index (χ2v) is 31.3. The van der Waals surface area contributed by atoms with Crippen molar-refractivity contribution in [3.63, 3.8) is 0 Å². The van der Waals surface area contributed by atoms with E-state index in [1.165, 1.54) is 177 Å². The molecular formula is C101H110Cl2N4. The van der Waals surface area contributed by atoms with Gasteiger partial charge in [-0.1, -0.05) is 198 Å². The Morgan fingerprint density at radius 2 is 0.664 bits per heavy atom. The van der Waals surface area contributed by atoms with E-state index in [1.807, 2.05) is 0 Å². The molecule has 0 saturated heterocycles. The molecule has 2 saturated carbocycles. The average Bonchev–Trinajstić information content (AvgIpc) is 0.763. The smallest absolute Gasteiger partial charge is 0.208 e. The number of rotatable bonds is 20. The van der Waals surface area contributed by atoms with Gasteiger partial charge in [0.25, 0.3) is 0 Å². The van der Waals surface area contributed by atoms with Crippen LogP contribution in [0.25, 0.3) is 32.7 Å². The van der Waals surface area contributed by atoms with E-state index in [0.717, 1.165) is 50.9 Å². The summed E-state index contributed by atoms with van der Waals surface area (Å²) in [6.07, 6.45) is 27.7. The van der Waals surface area contributed by atoms with Gasteiger partial charge < -0.3 is 34.6 Å². The molecular weight excluding hydrogens is 1340 g/mol. The molecule has 10 aromatic rings. The summed E-state index contributed by atoms with van der Waals surface area (Å²) >= 11 is 0. The summed E-state index contributed by atoms with van der Waals surface area (Å²) in [5.41, 5.74) is 28.0. The summed E-state index contributed by atoms with van der Waals surface area (Å²) < 4.78 is 4.87. The normalized spacial score (nSPS) is 19.7. The average molecular weight is 1450 g/mol. The molecule has 107 heavy (non-hydrogen) atoms. The fraction of sp³-hybridized carbons (Fsp3) is 0.307. The number of aryl methyl sites for hydroxylation is 4. The van der Waals surface area contributed by atoms with Crippen LogP contribution >= 0.6 is 0 Å². The van der Waals surface area contributed by atoms with Crippen molar-refractivity contribution in [1.29, 1.82) is 0 Å². The summed E-state index contributed by atoms with van der Waals surface area (Å²) in [7, 11) is 0. The summed E-state index contributed by atoms with van der Waals surface area (Å²) in [6.45, 7) is 31.8. The lowest BCUT2D eigenvalue weighted by atomic mass is 9.61. The second kappa shape index (κ2) is 34.7. The third-order valence-electron chi connectivity index (χ3n) is 24.6. The van der Waals surface area contributed by atoms with E-state index >= 15 is 0 Å². The molecule has 548 valence electrons. The number of hydrogen-bond donors (Lipinski definition) is 0. The Balaban J connectivity index is 0.00000536. The number of allylic oxidation sites excluding steroid dienone is 10. The third-order valence-corrected chi connectivity index (χ3v) is 24.6. The van der Waals surface area contributed by atoms with Gasteiger partial charge in [0.1, 0.15) is 13.1 Å². The molecule has 4 atom stereocenters. The van der Waals surface area contributed by atoms with Crippen LogP contribution in [0.3, 0.4) is 0 Å². The largest absolute Gasteiger partial charge is 1.00 e. The van der Waals surface area contributed by atoms with Gasteiger partial charge in [-0.3, -0.25) is 0 Å². The van der Waals surface area contributed by atoms with Crippen molar-refractivity contribution in [3.8, 4) is 0 Å².